The van der Waals surface area contributed by atoms with Crippen LogP contribution < -0.4 is 5.32 Å². The summed E-state index contributed by atoms with van der Waals surface area (Å²) in [6.45, 7) is 4.82. The van der Waals surface area contributed by atoms with E-state index in [1.807, 2.05) is 6.92 Å². The Morgan fingerprint density at radius 3 is 2.79 bits per heavy atom. The maximum atomic E-state index is 11.3. The average molecular weight is 197 g/mol. The summed E-state index contributed by atoms with van der Waals surface area (Å²) in [6.07, 6.45) is 0. The summed E-state index contributed by atoms with van der Waals surface area (Å²) < 4.78 is 6.56. The molecule has 0 aliphatic carbocycles. The van der Waals surface area contributed by atoms with E-state index in [0.29, 0.717) is 12.3 Å². The van der Waals surface area contributed by atoms with Gasteiger partial charge in [0.1, 0.15) is 5.82 Å². The maximum absolute atomic E-state index is 11.3. The van der Waals surface area contributed by atoms with Crippen LogP contribution in [-0.2, 0) is 11.3 Å². The molecule has 0 spiro atoms. The van der Waals surface area contributed by atoms with Gasteiger partial charge >= 0.3 is 5.97 Å². The average Bonchev–Trinajstić information content (AvgIpc) is 2.61. The Balaban J connectivity index is 2.88. The number of hydrogen-bond donors (Lipinski definition) is 1. The Hall–Kier alpha value is -1.52. The quantitative estimate of drug-likeness (QED) is 0.735. The number of rotatable bonds is 4. The Kier molecular flexibility index (Phi) is 3.50. The summed E-state index contributed by atoms with van der Waals surface area (Å²) in [5, 5.41) is 7.05. The lowest BCUT2D eigenvalue weighted by molar-refractivity contribution is 0.0518. The fraction of sp³-hybridized carbons (Fsp3) is 0.556. The van der Waals surface area contributed by atoms with Crippen LogP contribution >= 0.6 is 0 Å². The molecular weight excluding hydrogens is 182 g/mol. The smallest absolute Gasteiger partial charge is 0.358 e. The van der Waals surface area contributed by atoms with Crippen molar-refractivity contribution in [3.63, 3.8) is 0 Å². The molecule has 0 fully saturated rings. The second-order valence-electron chi connectivity index (χ2n) is 2.70. The van der Waals surface area contributed by atoms with Crippen LogP contribution in [0.5, 0.6) is 0 Å². The van der Waals surface area contributed by atoms with Gasteiger partial charge in [-0.25, -0.2) is 9.48 Å². The van der Waals surface area contributed by atoms with Crippen molar-refractivity contribution in [3.05, 3.63) is 11.8 Å². The van der Waals surface area contributed by atoms with Gasteiger partial charge in [-0.05, 0) is 13.8 Å². The Morgan fingerprint density at radius 1 is 1.64 bits per heavy atom. The van der Waals surface area contributed by atoms with Crippen LogP contribution in [0.25, 0.3) is 0 Å². The number of esters is 1. The van der Waals surface area contributed by atoms with E-state index in [1.54, 1.807) is 24.7 Å². The minimum Gasteiger partial charge on any atom is -0.461 e. The Morgan fingerprint density at radius 2 is 2.36 bits per heavy atom. The van der Waals surface area contributed by atoms with E-state index >= 15 is 0 Å². The lowest BCUT2D eigenvalue weighted by Gasteiger charge is -2.00. The first-order chi connectivity index (χ1) is 6.72. The minimum atomic E-state index is -0.379. The van der Waals surface area contributed by atoms with Gasteiger partial charge in [-0.1, -0.05) is 0 Å². The van der Waals surface area contributed by atoms with Crippen LogP contribution in [0.15, 0.2) is 6.07 Å². The Labute approximate surface area is 83.1 Å². The van der Waals surface area contributed by atoms with Crippen molar-refractivity contribution >= 4 is 11.8 Å². The minimum absolute atomic E-state index is 0.345. The van der Waals surface area contributed by atoms with E-state index in [0.717, 1.165) is 12.4 Å². The van der Waals surface area contributed by atoms with Crippen molar-refractivity contribution in [3.8, 4) is 0 Å². The molecule has 78 valence electrons. The summed E-state index contributed by atoms with van der Waals surface area (Å²) in [4.78, 5) is 11.3. The molecule has 0 saturated carbocycles. The van der Waals surface area contributed by atoms with E-state index in [2.05, 4.69) is 10.4 Å². The number of aromatic nitrogens is 2. The molecule has 0 aromatic carbocycles. The number of anilines is 1. The summed E-state index contributed by atoms with van der Waals surface area (Å²) >= 11 is 0. The lowest BCUT2D eigenvalue weighted by atomic mass is 10.4. The van der Waals surface area contributed by atoms with Gasteiger partial charge in [0.15, 0.2) is 5.69 Å². The summed E-state index contributed by atoms with van der Waals surface area (Å²) in [6, 6.07) is 1.68. The van der Waals surface area contributed by atoms with Gasteiger partial charge < -0.3 is 10.1 Å². The van der Waals surface area contributed by atoms with E-state index in [1.165, 1.54) is 0 Å². The van der Waals surface area contributed by atoms with Gasteiger partial charge in [0, 0.05) is 19.7 Å². The van der Waals surface area contributed by atoms with Gasteiger partial charge in [-0.15, -0.1) is 0 Å². The van der Waals surface area contributed by atoms with E-state index in [9.17, 15) is 4.79 Å². The standard InChI is InChI=1S/C9H15N3O2/c1-4-12-8(10-3)6-7(11-12)9(13)14-5-2/h6,10H,4-5H2,1-3H3. The largest absolute Gasteiger partial charge is 0.461 e. The predicted octanol–water partition coefficient (Wildman–Crippen LogP) is 1.12. The number of carbonyl (C=O) groups is 1. The normalized spacial score (nSPS) is 9.93. The molecule has 14 heavy (non-hydrogen) atoms. The van der Waals surface area contributed by atoms with Gasteiger partial charge in [0.2, 0.25) is 0 Å². The fourth-order valence-corrected chi connectivity index (χ4v) is 1.16. The topological polar surface area (TPSA) is 56.1 Å². The van der Waals surface area contributed by atoms with Crippen molar-refractivity contribution in [1.29, 1.82) is 0 Å². The zero-order valence-electron chi connectivity index (χ0n) is 8.70. The van der Waals surface area contributed by atoms with Crippen LogP contribution in [0, 0.1) is 0 Å². The highest BCUT2D eigenvalue weighted by Crippen LogP contribution is 2.10. The number of carbonyl (C=O) groups excluding carboxylic acids is 1. The molecule has 0 amide bonds. The third-order valence-electron chi connectivity index (χ3n) is 1.82. The van der Waals surface area contributed by atoms with Gasteiger partial charge in [-0.3, -0.25) is 0 Å². The fourth-order valence-electron chi connectivity index (χ4n) is 1.16. The second-order valence-corrected chi connectivity index (χ2v) is 2.70. The summed E-state index contributed by atoms with van der Waals surface area (Å²) in [7, 11) is 1.79. The molecule has 0 aliphatic rings. The monoisotopic (exact) mass is 197 g/mol. The number of nitrogens with one attached hydrogen (secondary N) is 1. The first kappa shape index (κ1) is 10.6. The number of ether oxygens (including phenoxy) is 1. The van der Waals surface area contributed by atoms with Crippen LogP contribution in [0.1, 0.15) is 24.3 Å². The zero-order chi connectivity index (χ0) is 10.6. The molecule has 0 unspecified atom stereocenters. The number of hydrogen-bond acceptors (Lipinski definition) is 4. The molecule has 1 heterocycles. The van der Waals surface area contributed by atoms with E-state index < -0.39 is 0 Å². The summed E-state index contributed by atoms with van der Waals surface area (Å²) in [5.74, 6) is 0.437. The molecule has 0 aliphatic heterocycles. The molecule has 5 heteroatoms. The van der Waals surface area contributed by atoms with Crippen LogP contribution in [-0.4, -0.2) is 29.4 Å². The highest BCUT2D eigenvalue weighted by Gasteiger charge is 2.13. The molecule has 0 bridgehead atoms. The van der Waals surface area contributed by atoms with Crippen LogP contribution in [0.2, 0.25) is 0 Å². The van der Waals surface area contributed by atoms with Crippen LogP contribution in [0.3, 0.4) is 0 Å². The van der Waals surface area contributed by atoms with Gasteiger partial charge in [0.05, 0.1) is 6.61 Å². The zero-order valence-corrected chi connectivity index (χ0v) is 8.70. The third kappa shape index (κ3) is 2.04. The number of aryl methyl sites for hydroxylation is 1. The van der Waals surface area contributed by atoms with Crippen molar-refractivity contribution in [2.24, 2.45) is 0 Å². The summed E-state index contributed by atoms with van der Waals surface area (Å²) in [5.41, 5.74) is 0.345. The molecule has 1 aromatic rings. The molecule has 0 atom stereocenters. The molecule has 0 saturated heterocycles. The predicted molar refractivity (Wildman–Crippen MR) is 53.4 cm³/mol. The van der Waals surface area contributed by atoms with E-state index in [4.69, 9.17) is 4.74 Å². The number of nitrogens with zero attached hydrogens (tertiary/aromatic N) is 2. The SMILES string of the molecule is CCOC(=O)c1cc(NC)n(CC)n1. The third-order valence-corrected chi connectivity index (χ3v) is 1.82. The molecule has 0 radical (unpaired) electrons. The maximum Gasteiger partial charge on any atom is 0.358 e. The van der Waals surface area contributed by atoms with Crippen molar-refractivity contribution in [2.75, 3.05) is 19.0 Å². The molecular formula is C9H15N3O2. The van der Waals surface area contributed by atoms with Gasteiger partial charge in [0.25, 0.3) is 0 Å². The lowest BCUT2D eigenvalue weighted by Crippen LogP contribution is -2.07. The molecule has 1 N–H and O–H groups in total. The molecule has 1 rings (SSSR count). The Bertz CT molecular complexity index is 298. The van der Waals surface area contributed by atoms with Gasteiger partial charge in [-0.2, -0.15) is 5.10 Å². The first-order valence-electron chi connectivity index (χ1n) is 4.65. The first-order valence-corrected chi connectivity index (χ1v) is 4.65. The van der Waals surface area contributed by atoms with Crippen molar-refractivity contribution in [2.45, 2.75) is 20.4 Å². The highest BCUT2D eigenvalue weighted by atomic mass is 16.5. The molecule has 1 aromatic heterocycles. The van der Waals surface area contributed by atoms with Crippen molar-refractivity contribution in [1.82, 2.24) is 9.78 Å². The molecule has 5 nitrogen and oxygen atoms in total. The second kappa shape index (κ2) is 4.64. The van der Waals surface area contributed by atoms with Crippen molar-refractivity contribution < 1.29 is 9.53 Å². The van der Waals surface area contributed by atoms with Crippen LogP contribution in [0.4, 0.5) is 5.82 Å². The highest BCUT2D eigenvalue weighted by molar-refractivity contribution is 5.88. The van der Waals surface area contributed by atoms with E-state index in [-0.39, 0.29) is 5.97 Å².